The first-order valence-electron chi connectivity index (χ1n) is 4.53. The molecular formula is C11H9BrOS. The zero-order valence-corrected chi connectivity index (χ0v) is 9.90. The van der Waals surface area contributed by atoms with Crippen LogP contribution in [0.1, 0.15) is 5.56 Å². The lowest BCUT2D eigenvalue weighted by Crippen LogP contribution is -2.40. The molecule has 0 saturated carbocycles. The van der Waals surface area contributed by atoms with Gasteiger partial charge in [-0.15, -0.1) is 11.3 Å². The van der Waals surface area contributed by atoms with Crippen molar-refractivity contribution in [2.45, 2.75) is 4.32 Å². The van der Waals surface area contributed by atoms with Gasteiger partial charge in [0.1, 0.15) is 0 Å². The maximum atomic E-state index is 5.27. The van der Waals surface area contributed by atoms with Crippen LogP contribution in [-0.2, 0) is 9.06 Å². The Morgan fingerprint density at radius 2 is 2.07 bits per heavy atom. The predicted molar refractivity (Wildman–Crippen MR) is 63.2 cm³/mol. The van der Waals surface area contributed by atoms with Crippen LogP contribution in [0.15, 0.2) is 29.6 Å². The molecule has 0 bridgehead atoms. The molecule has 3 rings (SSSR count). The quantitative estimate of drug-likeness (QED) is 0.720. The third-order valence-corrected chi connectivity index (χ3v) is 4.47. The highest BCUT2D eigenvalue weighted by Crippen LogP contribution is 2.43. The Morgan fingerprint density at radius 1 is 1.29 bits per heavy atom. The summed E-state index contributed by atoms with van der Waals surface area (Å²) in [6.45, 7) is 1.57. The first-order chi connectivity index (χ1) is 6.80. The third kappa shape index (κ3) is 1.16. The molecule has 1 saturated heterocycles. The predicted octanol–water partition coefficient (Wildman–Crippen LogP) is 3.52. The maximum Gasteiger partial charge on any atom is 0.0985 e. The summed E-state index contributed by atoms with van der Waals surface area (Å²) in [5, 5.41) is 3.60. The molecule has 1 aliphatic rings. The minimum atomic E-state index is 0.0760. The molecule has 0 spiro atoms. The second kappa shape index (κ2) is 3.05. The summed E-state index contributed by atoms with van der Waals surface area (Å²) in [5.41, 5.74) is 1.38. The highest BCUT2D eigenvalue weighted by atomic mass is 79.9. The summed E-state index contributed by atoms with van der Waals surface area (Å²) in [7, 11) is 0. The van der Waals surface area contributed by atoms with Gasteiger partial charge < -0.3 is 4.74 Å². The molecule has 0 atom stereocenters. The van der Waals surface area contributed by atoms with E-state index < -0.39 is 0 Å². The van der Waals surface area contributed by atoms with Gasteiger partial charge in [-0.1, -0.05) is 34.1 Å². The van der Waals surface area contributed by atoms with E-state index in [1.165, 1.54) is 15.6 Å². The minimum absolute atomic E-state index is 0.0760. The van der Waals surface area contributed by atoms with Crippen molar-refractivity contribution in [3.05, 3.63) is 35.2 Å². The van der Waals surface area contributed by atoms with Gasteiger partial charge in [0.25, 0.3) is 0 Å². The Bertz CT molecular complexity index is 473. The number of benzene rings is 1. The molecule has 1 aliphatic heterocycles. The Hall–Kier alpha value is -0.380. The number of alkyl halides is 1. The molecule has 0 N–H and O–H groups in total. The molecule has 2 heterocycles. The second-order valence-corrected chi connectivity index (χ2v) is 6.03. The highest BCUT2D eigenvalue weighted by Gasteiger charge is 2.39. The van der Waals surface area contributed by atoms with Crippen LogP contribution in [0.3, 0.4) is 0 Å². The molecule has 1 fully saturated rings. The van der Waals surface area contributed by atoms with E-state index >= 15 is 0 Å². The van der Waals surface area contributed by atoms with E-state index in [2.05, 4.69) is 45.6 Å². The van der Waals surface area contributed by atoms with Crippen molar-refractivity contribution < 1.29 is 4.74 Å². The molecule has 1 nitrogen and oxygen atoms in total. The molecule has 0 amide bonds. The van der Waals surface area contributed by atoms with E-state index in [1.807, 2.05) is 0 Å². The number of rotatable bonds is 1. The second-order valence-electron chi connectivity index (χ2n) is 3.60. The van der Waals surface area contributed by atoms with Crippen LogP contribution < -0.4 is 0 Å². The molecule has 0 unspecified atom stereocenters. The summed E-state index contributed by atoms with van der Waals surface area (Å²) in [4.78, 5) is 0. The lowest BCUT2D eigenvalue weighted by molar-refractivity contribution is -0.00621. The minimum Gasteiger partial charge on any atom is -0.378 e. The molecular weight excluding hydrogens is 260 g/mol. The zero-order valence-electron chi connectivity index (χ0n) is 7.50. The number of fused-ring (bicyclic) bond motifs is 1. The van der Waals surface area contributed by atoms with Crippen molar-refractivity contribution in [1.82, 2.24) is 0 Å². The molecule has 0 radical (unpaired) electrons. The number of ether oxygens (including phenoxy) is 1. The number of halogens is 1. The topological polar surface area (TPSA) is 9.23 Å². The van der Waals surface area contributed by atoms with Crippen molar-refractivity contribution in [1.29, 1.82) is 0 Å². The van der Waals surface area contributed by atoms with E-state index in [9.17, 15) is 0 Å². The maximum absolute atomic E-state index is 5.27. The van der Waals surface area contributed by atoms with E-state index in [4.69, 9.17) is 4.74 Å². The van der Waals surface area contributed by atoms with Crippen LogP contribution in [0.5, 0.6) is 0 Å². The van der Waals surface area contributed by atoms with E-state index in [0.29, 0.717) is 0 Å². The van der Waals surface area contributed by atoms with Crippen molar-refractivity contribution in [3.8, 4) is 0 Å². The van der Waals surface area contributed by atoms with Crippen molar-refractivity contribution >= 4 is 37.4 Å². The van der Waals surface area contributed by atoms with Gasteiger partial charge in [0.15, 0.2) is 0 Å². The van der Waals surface area contributed by atoms with Gasteiger partial charge in [-0.25, -0.2) is 0 Å². The highest BCUT2D eigenvalue weighted by molar-refractivity contribution is 9.09. The molecule has 2 aromatic rings. The van der Waals surface area contributed by atoms with Crippen LogP contribution in [0, 0.1) is 0 Å². The molecule has 14 heavy (non-hydrogen) atoms. The van der Waals surface area contributed by atoms with Gasteiger partial charge in [0.2, 0.25) is 0 Å². The number of hydrogen-bond acceptors (Lipinski definition) is 2. The molecule has 3 heteroatoms. The smallest absolute Gasteiger partial charge is 0.0985 e. The third-order valence-electron chi connectivity index (χ3n) is 2.63. The van der Waals surface area contributed by atoms with Crippen LogP contribution in [0.4, 0.5) is 0 Å². The Labute approximate surface area is 94.8 Å². The monoisotopic (exact) mass is 268 g/mol. The molecule has 72 valence electrons. The average Bonchev–Trinajstić information content (AvgIpc) is 2.58. The van der Waals surface area contributed by atoms with Crippen LogP contribution in [0.25, 0.3) is 10.1 Å². The van der Waals surface area contributed by atoms with Crippen LogP contribution in [0.2, 0.25) is 0 Å². The first-order valence-corrected chi connectivity index (χ1v) is 6.20. The van der Waals surface area contributed by atoms with Gasteiger partial charge in [0.05, 0.1) is 17.5 Å². The number of hydrogen-bond donors (Lipinski definition) is 0. The Morgan fingerprint density at radius 3 is 2.79 bits per heavy atom. The van der Waals surface area contributed by atoms with E-state index in [0.717, 1.165) is 13.2 Å². The standard InChI is InChI=1S/C11H9BrOS/c12-11(6-13-7-11)9-5-14-10-4-2-1-3-8(9)10/h1-5H,6-7H2. The van der Waals surface area contributed by atoms with Crippen molar-refractivity contribution in [3.63, 3.8) is 0 Å². The number of thiophene rings is 1. The van der Waals surface area contributed by atoms with Crippen LogP contribution >= 0.6 is 27.3 Å². The Kier molecular flexibility index (Phi) is 1.94. The summed E-state index contributed by atoms with van der Waals surface area (Å²) in [6, 6.07) is 8.52. The normalized spacial score (nSPS) is 19.5. The van der Waals surface area contributed by atoms with Crippen molar-refractivity contribution in [2.24, 2.45) is 0 Å². The first kappa shape index (κ1) is 8.89. The fourth-order valence-electron chi connectivity index (χ4n) is 1.76. The van der Waals surface area contributed by atoms with Crippen molar-refractivity contribution in [2.75, 3.05) is 13.2 Å². The summed E-state index contributed by atoms with van der Waals surface area (Å²) >= 11 is 5.56. The lowest BCUT2D eigenvalue weighted by atomic mass is 9.97. The fourth-order valence-corrected chi connectivity index (χ4v) is 3.62. The van der Waals surface area contributed by atoms with E-state index in [-0.39, 0.29) is 4.32 Å². The van der Waals surface area contributed by atoms with E-state index in [1.54, 1.807) is 11.3 Å². The van der Waals surface area contributed by atoms with Gasteiger partial charge in [-0.05, 0) is 22.4 Å². The zero-order chi connectivity index (χ0) is 9.60. The fraction of sp³-hybridized carbons (Fsp3) is 0.273. The summed E-state index contributed by atoms with van der Waals surface area (Å²) in [5.74, 6) is 0. The lowest BCUT2D eigenvalue weighted by Gasteiger charge is -2.36. The van der Waals surface area contributed by atoms with Gasteiger partial charge in [-0.3, -0.25) is 0 Å². The van der Waals surface area contributed by atoms with Gasteiger partial charge in [0, 0.05) is 4.70 Å². The van der Waals surface area contributed by atoms with Gasteiger partial charge >= 0.3 is 0 Å². The Balaban J connectivity index is 2.22. The molecule has 1 aromatic carbocycles. The summed E-state index contributed by atoms with van der Waals surface area (Å²) < 4.78 is 6.70. The molecule has 1 aromatic heterocycles. The van der Waals surface area contributed by atoms with Crippen LogP contribution in [-0.4, -0.2) is 13.2 Å². The molecule has 0 aliphatic carbocycles. The van der Waals surface area contributed by atoms with Gasteiger partial charge in [-0.2, -0.15) is 0 Å². The average molecular weight is 269 g/mol. The summed E-state index contributed by atoms with van der Waals surface area (Å²) in [6.07, 6.45) is 0. The SMILES string of the molecule is BrC1(c2csc3ccccc23)COC1. The largest absolute Gasteiger partial charge is 0.378 e.